The number of alkyl halides is 3. The second kappa shape index (κ2) is 5.38. The monoisotopic (exact) mass is 252 g/mol. The molecule has 0 saturated carbocycles. The van der Waals surface area contributed by atoms with E-state index >= 15 is 0 Å². The largest absolute Gasteiger partial charge is 0.454 e. The summed E-state index contributed by atoms with van der Waals surface area (Å²) in [5.41, 5.74) is -0.406. The zero-order chi connectivity index (χ0) is 12.2. The van der Waals surface area contributed by atoms with Gasteiger partial charge in [0.15, 0.2) is 0 Å². The Labute approximate surface area is 95.0 Å². The molecule has 1 heterocycles. The van der Waals surface area contributed by atoms with Gasteiger partial charge in [-0.1, -0.05) is 0 Å². The van der Waals surface area contributed by atoms with Crippen molar-refractivity contribution in [2.24, 2.45) is 0 Å². The fourth-order valence-electron chi connectivity index (χ4n) is 1.14. The SMILES string of the molecule is CSCCCn1cc(C(=O)C(F)(F)F)cn1. The van der Waals surface area contributed by atoms with Crippen molar-refractivity contribution < 1.29 is 18.0 Å². The summed E-state index contributed by atoms with van der Waals surface area (Å²) in [4.78, 5) is 10.8. The van der Waals surface area contributed by atoms with Crippen LogP contribution in [0.3, 0.4) is 0 Å². The van der Waals surface area contributed by atoms with Gasteiger partial charge >= 0.3 is 6.18 Å². The molecule has 0 atom stereocenters. The molecule has 1 rings (SSSR count). The van der Waals surface area contributed by atoms with Crippen molar-refractivity contribution in [3.63, 3.8) is 0 Å². The highest BCUT2D eigenvalue weighted by molar-refractivity contribution is 7.98. The molecule has 0 saturated heterocycles. The summed E-state index contributed by atoms with van der Waals surface area (Å²) in [6, 6.07) is 0. The van der Waals surface area contributed by atoms with Crippen LogP contribution in [0.2, 0.25) is 0 Å². The summed E-state index contributed by atoms with van der Waals surface area (Å²) in [6.07, 6.45) is 0.0163. The Morgan fingerprint density at radius 3 is 2.81 bits per heavy atom. The van der Waals surface area contributed by atoms with E-state index in [1.54, 1.807) is 11.8 Å². The summed E-state index contributed by atoms with van der Waals surface area (Å²) < 4.78 is 37.5. The third-order valence-corrected chi connectivity index (χ3v) is 2.59. The van der Waals surface area contributed by atoms with Gasteiger partial charge in [-0.3, -0.25) is 9.48 Å². The van der Waals surface area contributed by atoms with Crippen molar-refractivity contribution in [2.45, 2.75) is 19.1 Å². The van der Waals surface area contributed by atoms with E-state index in [-0.39, 0.29) is 0 Å². The first-order chi connectivity index (χ1) is 7.45. The number of halogens is 3. The van der Waals surface area contributed by atoms with E-state index in [1.165, 1.54) is 4.68 Å². The second-order valence-electron chi connectivity index (χ2n) is 3.17. The molecule has 0 fully saturated rings. The fourth-order valence-corrected chi connectivity index (χ4v) is 1.56. The highest BCUT2D eigenvalue weighted by atomic mass is 32.2. The predicted molar refractivity (Wildman–Crippen MR) is 55.6 cm³/mol. The standard InChI is InChI=1S/C9H11F3N2OS/c1-16-4-2-3-14-6-7(5-13-14)8(15)9(10,11)12/h5-6H,2-4H2,1H3. The van der Waals surface area contributed by atoms with Crippen LogP contribution in [-0.2, 0) is 6.54 Å². The van der Waals surface area contributed by atoms with Crippen molar-refractivity contribution in [2.75, 3.05) is 12.0 Å². The number of carbonyl (C=O) groups excluding carboxylic acids is 1. The third kappa shape index (κ3) is 3.55. The number of rotatable bonds is 5. The van der Waals surface area contributed by atoms with Crippen LogP contribution in [0.5, 0.6) is 0 Å². The van der Waals surface area contributed by atoms with Gasteiger partial charge in [0.2, 0.25) is 0 Å². The van der Waals surface area contributed by atoms with Gasteiger partial charge in [-0.25, -0.2) is 0 Å². The maximum Gasteiger partial charge on any atom is 0.454 e. The van der Waals surface area contributed by atoms with Crippen LogP contribution in [0.15, 0.2) is 12.4 Å². The molecule has 0 aliphatic carbocycles. The molecule has 1 aromatic heterocycles. The summed E-state index contributed by atoms with van der Waals surface area (Å²) in [7, 11) is 0. The van der Waals surface area contributed by atoms with Gasteiger partial charge in [0.25, 0.3) is 5.78 Å². The van der Waals surface area contributed by atoms with E-state index in [4.69, 9.17) is 0 Å². The van der Waals surface area contributed by atoms with Crippen LogP contribution in [-0.4, -0.2) is 33.7 Å². The number of aromatic nitrogens is 2. The molecule has 1 aromatic rings. The highest BCUT2D eigenvalue weighted by Crippen LogP contribution is 2.20. The molecule has 0 aliphatic rings. The average molecular weight is 252 g/mol. The van der Waals surface area contributed by atoms with E-state index in [9.17, 15) is 18.0 Å². The maximum atomic E-state index is 12.1. The first-order valence-corrected chi connectivity index (χ1v) is 5.97. The smallest absolute Gasteiger partial charge is 0.284 e. The van der Waals surface area contributed by atoms with E-state index < -0.39 is 17.5 Å². The molecule has 0 radical (unpaired) electrons. The minimum Gasteiger partial charge on any atom is -0.284 e. The predicted octanol–water partition coefficient (Wildman–Crippen LogP) is 2.38. The van der Waals surface area contributed by atoms with Crippen LogP contribution in [0, 0.1) is 0 Å². The molecule has 0 spiro atoms. The van der Waals surface area contributed by atoms with Crippen LogP contribution < -0.4 is 0 Å². The van der Waals surface area contributed by atoms with E-state index in [0.717, 1.165) is 24.6 Å². The lowest BCUT2D eigenvalue weighted by atomic mass is 10.2. The Hall–Kier alpha value is -0.980. The van der Waals surface area contributed by atoms with Gasteiger partial charge < -0.3 is 0 Å². The molecule has 0 unspecified atom stereocenters. The minimum absolute atomic E-state index is 0.406. The Balaban J connectivity index is 2.61. The number of ketones is 1. The molecule has 7 heteroatoms. The zero-order valence-corrected chi connectivity index (χ0v) is 9.44. The summed E-state index contributed by atoms with van der Waals surface area (Å²) in [5.74, 6) is -0.939. The normalized spacial score (nSPS) is 11.8. The number of nitrogens with zero attached hydrogens (tertiary/aromatic N) is 2. The molecular weight excluding hydrogens is 241 g/mol. The van der Waals surface area contributed by atoms with Crippen molar-refractivity contribution in [1.29, 1.82) is 0 Å². The average Bonchev–Trinajstić information content (AvgIpc) is 2.64. The van der Waals surface area contributed by atoms with Gasteiger partial charge in [0.05, 0.1) is 11.8 Å². The number of thioether (sulfide) groups is 1. The lowest BCUT2D eigenvalue weighted by Crippen LogP contribution is -2.22. The van der Waals surface area contributed by atoms with Crippen molar-refractivity contribution in [1.82, 2.24) is 9.78 Å². The molecule has 0 N–H and O–H groups in total. The molecule has 0 bridgehead atoms. The van der Waals surface area contributed by atoms with Crippen LogP contribution in [0.4, 0.5) is 13.2 Å². The van der Waals surface area contributed by atoms with E-state index in [2.05, 4.69) is 5.10 Å². The van der Waals surface area contributed by atoms with Crippen molar-refractivity contribution in [3.05, 3.63) is 18.0 Å². The van der Waals surface area contributed by atoms with Crippen molar-refractivity contribution in [3.8, 4) is 0 Å². The summed E-state index contributed by atoms with van der Waals surface area (Å²) in [5, 5.41) is 3.71. The summed E-state index contributed by atoms with van der Waals surface area (Å²) >= 11 is 1.65. The number of hydrogen-bond acceptors (Lipinski definition) is 3. The summed E-state index contributed by atoms with van der Waals surface area (Å²) in [6.45, 7) is 0.520. The molecule has 3 nitrogen and oxygen atoms in total. The van der Waals surface area contributed by atoms with Crippen molar-refractivity contribution >= 4 is 17.5 Å². The number of Topliss-reactive ketones (excluding diaryl/α,β-unsaturated/α-hetero) is 1. The Morgan fingerprint density at radius 2 is 2.25 bits per heavy atom. The highest BCUT2D eigenvalue weighted by Gasteiger charge is 2.39. The molecule has 0 aromatic carbocycles. The molecular formula is C9H11F3N2OS. The fraction of sp³-hybridized carbons (Fsp3) is 0.556. The molecule has 90 valence electrons. The maximum absolute atomic E-state index is 12.1. The topological polar surface area (TPSA) is 34.9 Å². The Morgan fingerprint density at radius 1 is 1.56 bits per heavy atom. The quantitative estimate of drug-likeness (QED) is 0.596. The lowest BCUT2D eigenvalue weighted by molar-refractivity contribution is -0.0885. The Bertz CT molecular complexity index is 362. The van der Waals surface area contributed by atoms with Gasteiger partial charge in [-0.15, -0.1) is 0 Å². The van der Waals surface area contributed by atoms with E-state index in [1.807, 2.05) is 6.26 Å². The van der Waals surface area contributed by atoms with E-state index in [0.29, 0.717) is 6.54 Å². The van der Waals surface area contributed by atoms with Gasteiger partial charge in [-0.2, -0.15) is 30.0 Å². The number of carbonyl (C=O) groups is 1. The van der Waals surface area contributed by atoms with Crippen LogP contribution >= 0.6 is 11.8 Å². The number of aryl methyl sites for hydroxylation is 1. The van der Waals surface area contributed by atoms with Gasteiger partial charge in [0, 0.05) is 12.7 Å². The second-order valence-corrected chi connectivity index (χ2v) is 4.15. The van der Waals surface area contributed by atoms with Crippen LogP contribution in [0.25, 0.3) is 0 Å². The lowest BCUT2D eigenvalue weighted by Gasteiger charge is -2.01. The first kappa shape index (κ1) is 13.1. The van der Waals surface area contributed by atoms with Crippen LogP contribution in [0.1, 0.15) is 16.8 Å². The van der Waals surface area contributed by atoms with Gasteiger partial charge in [0.1, 0.15) is 0 Å². The zero-order valence-electron chi connectivity index (χ0n) is 8.62. The first-order valence-electron chi connectivity index (χ1n) is 4.58. The molecule has 0 amide bonds. The minimum atomic E-state index is -4.83. The molecule has 0 aliphatic heterocycles. The van der Waals surface area contributed by atoms with Gasteiger partial charge in [-0.05, 0) is 18.4 Å². The number of hydrogen-bond donors (Lipinski definition) is 0. The third-order valence-electron chi connectivity index (χ3n) is 1.89. The Kier molecular flexibility index (Phi) is 4.40. The molecule has 16 heavy (non-hydrogen) atoms.